The van der Waals surface area contributed by atoms with Crippen LogP contribution in [0.2, 0.25) is 0 Å². The number of benzene rings is 1. The number of ether oxygens (including phenoxy) is 1. The SMILES string of the molecule is C(=Nc1ccc(N2CCOCC2)cc1)c1cccs1. The zero-order chi connectivity index (χ0) is 12.9. The fourth-order valence-corrected chi connectivity index (χ4v) is 2.66. The third-order valence-electron chi connectivity index (χ3n) is 3.11. The Labute approximate surface area is 117 Å². The second-order valence-electron chi connectivity index (χ2n) is 4.39. The summed E-state index contributed by atoms with van der Waals surface area (Å²) < 4.78 is 5.36. The van der Waals surface area contributed by atoms with E-state index >= 15 is 0 Å². The van der Waals surface area contributed by atoms with E-state index in [2.05, 4.69) is 45.6 Å². The lowest BCUT2D eigenvalue weighted by Gasteiger charge is -2.28. The van der Waals surface area contributed by atoms with Gasteiger partial charge in [-0.25, -0.2) is 0 Å². The van der Waals surface area contributed by atoms with Crippen LogP contribution in [0.4, 0.5) is 11.4 Å². The van der Waals surface area contributed by atoms with Crippen LogP contribution >= 0.6 is 11.3 Å². The minimum atomic E-state index is 0.818. The van der Waals surface area contributed by atoms with Crippen LogP contribution in [0.15, 0.2) is 46.8 Å². The number of anilines is 1. The summed E-state index contributed by atoms with van der Waals surface area (Å²) in [7, 11) is 0. The molecular weight excluding hydrogens is 256 g/mol. The summed E-state index contributed by atoms with van der Waals surface area (Å²) in [6.45, 7) is 3.58. The Hall–Kier alpha value is -1.65. The molecule has 2 heterocycles. The molecule has 2 aromatic rings. The maximum Gasteiger partial charge on any atom is 0.0642 e. The van der Waals surface area contributed by atoms with E-state index < -0.39 is 0 Å². The zero-order valence-corrected chi connectivity index (χ0v) is 11.5. The number of rotatable bonds is 3. The molecule has 98 valence electrons. The van der Waals surface area contributed by atoms with Crippen LogP contribution in [0.3, 0.4) is 0 Å². The molecule has 4 heteroatoms. The van der Waals surface area contributed by atoms with E-state index in [-0.39, 0.29) is 0 Å². The Balaban J connectivity index is 1.68. The standard InChI is InChI=1S/C15H16N2OS/c1-2-15(19-11-1)12-16-13-3-5-14(6-4-13)17-7-9-18-10-8-17/h1-6,11-12H,7-10H2. The Bertz CT molecular complexity index is 528. The summed E-state index contributed by atoms with van der Waals surface area (Å²) in [5, 5.41) is 2.06. The van der Waals surface area contributed by atoms with Crippen LogP contribution in [-0.4, -0.2) is 32.5 Å². The normalized spacial score (nSPS) is 16.1. The molecule has 0 unspecified atom stereocenters. The van der Waals surface area contributed by atoms with Crippen molar-refractivity contribution in [3.05, 3.63) is 46.7 Å². The predicted molar refractivity (Wildman–Crippen MR) is 81.0 cm³/mol. The van der Waals surface area contributed by atoms with Gasteiger partial charge in [0.05, 0.1) is 18.9 Å². The van der Waals surface area contributed by atoms with Crippen molar-refractivity contribution in [2.75, 3.05) is 31.2 Å². The van der Waals surface area contributed by atoms with Gasteiger partial charge in [0, 0.05) is 29.9 Å². The summed E-state index contributed by atoms with van der Waals surface area (Å²) in [5.41, 5.74) is 2.24. The molecule has 0 N–H and O–H groups in total. The van der Waals surface area contributed by atoms with Gasteiger partial charge in [-0.15, -0.1) is 11.3 Å². The van der Waals surface area contributed by atoms with E-state index in [4.69, 9.17) is 4.74 Å². The summed E-state index contributed by atoms with van der Waals surface area (Å²) in [6.07, 6.45) is 1.91. The number of thiophene rings is 1. The van der Waals surface area contributed by atoms with Gasteiger partial charge in [0.25, 0.3) is 0 Å². The first-order valence-electron chi connectivity index (χ1n) is 6.42. The maximum absolute atomic E-state index is 5.36. The highest BCUT2D eigenvalue weighted by atomic mass is 32.1. The van der Waals surface area contributed by atoms with Crippen molar-refractivity contribution in [1.82, 2.24) is 0 Å². The fraction of sp³-hybridized carbons (Fsp3) is 0.267. The van der Waals surface area contributed by atoms with Gasteiger partial charge in [0.1, 0.15) is 0 Å². The van der Waals surface area contributed by atoms with E-state index in [0.717, 1.165) is 32.0 Å². The van der Waals surface area contributed by atoms with E-state index in [1.807, 2.05) is 12.3 Å². The Morgan fingerprint density at radius 1 is 1.11 bits per heavy atom. The van der Waals surface area contributed by atoms with E-state index in [1.54, 1.807) is 11.3 Å². The molecule has 1 aliphatic rings. The van der Waals surface area contributed by atoms with Crippen molar-refractivity contribution in [1.29, 1.82) is 0 Å². The number of hydrogen-bond acceptors (Lipinski definition) is 4. The summed E-state index contributed by atoms with van der Waals surface area (Å²) in [4.78, 5) is 8.00. The maximum atomic E-state index is 5.36. The first kappa shape index (κ1) is 12.4. The lowest BCUT2D eigenvalue weighted by atomic mass is 10.2. The molecule has 0 amide bonds. The third kappa shape index (κ3) is 3.22. The fourth-order valence-electron chi connectivity index (χ4n) is 2.07. The molecule has 1 saturated heterocycles. The molecule has 0 spiro atoms. The lowest BCUT2D eigenvalue weighted by molar-refractivity contribution is 0.122. The number of hydrogen-bond donors (Lipinski definition) is 0. The highest BCUT2D eigenvalue weighted by Gasteiger charge is 2.10. The monoisotopic (exact) mass is 272 g/mol. The Kier molecular flexibility index (Phi) is 3.91. The summed E-state index contributed by atoms with van der Waals surface area (Å²) >= 11 is 1.70. The summed E-state index contributed by atoms with van der Waals surface area (Å²) in [6, 6.07) is 12.5. The largest absolute Gasteiger partial charge is 0.378 e. The quantitative estimate of drug-likeness (QED) is 0.801. The van der Waals surface area contributed by atoms with Crippen molar-refractivity contribution >= 4 is 28.9 Å². The van der Waals surface area contributed by atoms with Crippen LogP contribution in [0.25, 0.3) is 0 Å². The molecule has 1 aromatic carbocycles. The van der Waals surface area contributed by atoms with Gasteiger partial charge in [-0.2, -0.15) is 0 Å². The zero-order valence-electron chi connectivity index (χ0n) is 10.7. The minimum Gasteiger partial charge on any atom is -0.378 e. The van der Waals surface area contributed by atoms with Gasteiger partial charge in [-0.05, 0) is 35.7 Å². The molecule has 19 heavy (non-hydrogen) atoms. The number of aliphatic imine (C=N–C) groups is 1. The van der Waals surface area contributed by atoms with Crippen LogP contribution in [0.5, 0.6) is 0 Å². The number of nitrogens with zero attached hydrogens (tertiary/aromatic N) is 2. The molecule has 3 rings (SSSR count). The molecule has 1 aromatic heterocycles. The topological polar surface area (TPSA) is 24.8 Å². The van der Waals surface area contributed by atoms with E-state index in [1.165, 1.54) is 10.6 Å². The van der Waals surface area contributed by atoms with E-state index in [0.29, 0.717) is 0 Å². The molecular formula is C15H16N2OS. The first-order chi connectivity index (χ1) is 9.42. The smallest absolute Gasteiger partial charge is 0.0642 e. The molecule has 0 atom stereocenters. The Morgan fingerprint density at radius 3 is 2.58 bits per heavy atom. The Morgan fingerprint density at radius 2 is 1.89 bits per heavy atom. The second-order valence-corrected chi connectivity index (χ2v) is 5.37. The molecule has 0 radical (unpaired) electrons. The average Bonchev–Trinajstić information content (AvgIpc) is 3.00. The lowest BCUT2D eigenvalue weighted by Crippen LogP contribution is -2.36. The van der Waals surface area contributed by atoms with Gasteiger partial charge in [0.2, 0.25) is 0 Å². The average molecular weight is 272 g/mol. The van der Waals surface area contributed by atoms with Crippen LogP contribution in [0, 0.1) is 0 Å². The van der Waals surface area contributed by atoms with Gasteiger partial charge < -0.3 is 9.64 Å². The molecule has 3 nitrogen and oxygen atoms in total. The minimum absolute atomic E-state index is 0.818. The van der Waals surface area contributed by atoms with Crippen molar-refractivity contribution < 1.29 is 4.74 Å². The highest BCUT2D eigenvalue weighted by Crippen LogP contribution is 2.21. The molecule has 0 aliphatic carbocycles. The molecule has 0 bridgehead atoms. The van der Waals surface area contributed by atoms with Crippen molar-refractivity contribution in [3.63, 3.8) is 0 Å². The highest BCUT2D eigenvalue weighted by molar-refractivity contribution is 7.11. The van der Waals surface area contributed by atoms with Crippen molar-refractivity contribution in [2.24, 2.45) is 4.99 Å². The molecule has 1 aliphatic heterocycles. The van der Waals surface area contributed by atoms with Crippen LogP contribution in [0.1, 0.15) is 4.88 Å². The molecule has 0 saturated carbocycles. The van der Waals surface area contributed by atoms with E-state index in [9.17, 15) is 0 Å². The second kappa shape index (κ2) is 5.99. The van der Waals surface area contributed by atoms with Crippen LogP contribution < -0.4 is 4.90 Å². The molecule has 1 fully saturated rings. The predicted octanol–water partition coefficient (Wildman–Crippen LogP) is 3.34. The van der Waals surface area contributed by atoms with Crippen LogP contribution in [-0.2, 0) is 4.74 Å². The van der Waals surface area contributed by atoms with Crippen molar-refractivity contribution in [2.45, 2.75) is 0 Å². The van der Waals surface area contributed by atoms with Gasteiger partial charge in [0.15, 0.2) is 0 Å². The van der Waals surface area contributed by atoms with Gasteiger partial charge in [-0.1, -0.05) is 6.07 Å². The first-order valence-corrected chi connectivity index (χ1v) is 7.30. The van der Waals surface area contributed by atoms with Gasteiger partial charge in [-0.3, -0.25) is 4.99 Å². The summed E-state index contributed by atoms with van der Waals surface area (Å²) in [5.74, 6) is 0. The van der Waals surface area contributed by atoms with Crippen molar-refractivity contribution in [3.8, 4) is 0 Å². The number of morpholine rings is 1. The third-order valence-corrected chi connectivity index (χ3v) is 3.92. The van der Waals surface area contributed by atoms with Gasteiger partial charge >= 0.3 is 0 Å².